The van der Waals surface area contributed by atoms with E-state index in [2.05, 4.69) is 6.07 Å². The van der Waals surface area contributed by atoms with E-state index >= 15 is 0 Å². The molecular formula is C7H7BrFMgN. The van der Waals surface area contributed by atoms with Gasteiger partial charge < -0.3 is 22.7 Å². The van der Waals surface area contributed by atoms with Crippen LogP contribution in [0.3, 0.4) is 0 Å². The molecule has 0 unspecified atom stereocenters. The molecule has 2 N–H and O–H groups in total. The first-order valence-corrected chi connectivity index (χ1v) is 2.69. The molecule has 0 bridgehead atoms. The zero-order chi connectivity index (χ0) is 6.69. The number of benzene rings is 1. The van der Waals surface area contributed by atoms with Crippen LogP contribution in [-0.2, 0) is 6.54 Å². The van der Waals surface area contributed by atoms with Gasteiger partial charge in [0.2, 0.25) is 0 Å². The zero-order valence-electron chi connectivity index (χ0n) is 5.98. The minimum Gasteiger partial charge on any atom is -1.00 e. The van der Waals surface area contributed by atoms with Crippen molar-refractivity contribution < 1.29 is 21.4 Å². The van der Waals surface area contributed by atoms with Crippen LogP contribution in [-0.4, -0.2) is 23.1 Å². The van der Waals surface area contributed by atoms with Gasteiger partial charge in [-0.05, 0) is 6.54 Å². The summed E-state index contributed by atoms with van der Waals surface area (Å²) in [7, 11) is 0. The Morgan fingerprint density at radius 2 is 2.18 bits per heavy atom. The van der Waals surface area contributed by atoms with E-state index in [1.54, 1.807) is 6.07 Å². The Morgan fingerprint density at radius 3 is 2.55 bits per heavy atom. The monoisotopic (exact) mass is 227 g/mol. The Labute approximate surface area is 92.1 Å². The third kappa shape index (κ3) is 4.74. The van der Waals surface area contributed by atoms with Crippen LogP contribution < -0.4 is 22.7 Å². The molecule has 0 heterocycles. The van der Waals surface area contributed by atoms with Gasteiger partial charge in [0.05, 0.1) is 0 Å². The molecule has 1 rings (SSSR count). The van der Waals surface area contributed by atoms with Crippen LogP contribution in [0.1, 0.15) is 5.56 Å². The molecular weight excluding hydrogens is 221 g/mol. The van der Waals surface area contributed by atoms with Gasteiger partial charge in [0.15, 0.2) is 0 Å². The summed E-state index contributed by atoms with van der Waals surface area (Å²) in [6.45, 7) is 0.381. The number of nitrogens with two attached hydrogens (primary N) is 1. The molecule has 0 amide bonds. The fourth-order valence-electron chi connectivity index (χ4n) is 0.608. The van der Waals surface area contributed by atoms with Crippen LogP contribution in [0.15, 0.2) is 18.2 Å². The first-order valence-electron chi connectivity index (χ1n) is 2.69. The molecule has 0 fully saturated rings. The van der Waals surface area contributed by atoms with E-state index in [9.17, 15) is 4.39 Å². The second kappa shape index (κ2) is 7.03. The van der Waals surface area contributed by atoms with Gasteiger partial charge in [-0.1, -0.05) is 0 Å². The van der Waals surface area contributed by atoms with Gasteiger partial charge in [-0.15, -0.1) is 17.7 Å². The molecule has 1 aromatic rings. The predicted octanol–water partition coefficient (Wildman–Crippen LogP) is -2.29. The third-order valence-electron chi connectivity index (χ3n) is 1.07. The van der Waals surface area contributed by atoms with Crippen molar-refractivity contribution in [3.05, 3.63) is 35.6 Å². The van der Waals surface area contributed by atoms with Crippen molar-refractivity contribution in [2.45, 2.75) is 6.54 Å². The second-order valence-corrected chi connectivity index (χ2v) is 1.75. The van der Waals surface area contributed by atoms with Crippen LogP contribution in [0.25, 0.3) is 0 Å². The van der Waals surface area contributed by atoms with Gasteiger partial charge in [-0.3, -0.25) is 0 Å². The average Bonchev–Trinajstić information content (AvgIpc) is 1.88. The van der Waals surface area contributed by atoms with Gasteiger partial charge in [-0.25, -0.2) is 4.39 Å². The molecule has 0 saturated carbocycles. The van der Waals surface area contributed by atoms with Crippen molar-refractivity contribution in [1.82, 2.24) is 0 Å². The van der Waals surface area contributed by atoms with Crippen molar-refractivity contribution in [3.63, 3.8) is 0 Å². The van der Waals surface area contributed by atoms with E-state index < -0.39 is 0 Å². The summed E-state index contributed by atoms with van der Waals surface area (Å²) in [6.07, 6.45) is 0. The number of rotatable bonds is 1. The minimum atomic E-state index is -0.349. The maximum absolute atomic E-state index is 12.2. The molecule has 56 valence electrons. The smallest absolute Gasteiger partial charge is 1.00 e. The van der Waals surface area contributed by atoms with Crippen molar-refractivity contribution in [1.29, 1.82) is 0 Å². The molecule has 0 aliphatic rings. The largest absolute Gasteiger partial charge is 2.00 e. The van der Waals surface area contributed by atoms with Gasteiger partial charge in [0, 0.05) is 5.82 Å². The molecule has 1 nitrogen and oxygen atoms in total. The Morgan fingerprint density at radius 1 is 1.55 bits per heavy atom. The molecule has 4 heteroatoms. The fourth-order valence-corrected chi connectivity index (χ4v) is 0.608. The van der Waals surface area contributed by atoms with Crippen LogP contribution in [0.2, 0.25) is 0 Å². The molecule has 1 aromatic carbocycles. The van der Waals surface area contributed by atoms with Crippen molar-refractivity contribution >= 4 is 23.1 Å². The van der Waals surface area contributed by atoms with Crippen molar-refractivity contribution in [3.8, 4) is 0 Å². The van der Waals surface area contributed by atoms with Gasteiger partial charge in [0.1, 0.15) is 0 Å². The molecule has 0 atom stereocenters. The first kappa shape index (κ1) is 13.9. The molecule has 11 heavy (non-hydrogen) atoms. The van der Waals surface area contributed by atoms with E-state index in [1.165, 1.54) is 12.1 Å². The molecule has 0 aromatic heterocycles. The average molecular weight is 228 g/mol. The Kier molecular flexibility index (Phi) is 8.89. The molecule has 0 aliphatic heterocycles. The maximum Gasteiger partial charge on any atom is 2.00 e. The molecule has 0 saturated heterocycles. The van der Waals surface area contributed by atoms with E-state index in [1.807, 2.05) is 0 Å². The second-order valence-electron chi connectivity index (χ2n) is 1.75. The van der Waals surface area contributed by atoms with E-state index in [-0.39, 0.29) is 45.9 Å². The van der Waals surface area contributed by atoms with Gasteiger partial charge >= 0.3 is 23.1 Å². The van der Waals surface area contributed by atoms with Gasteiger partial charge in [0.25, 0.3) is 0 Å². The SMILES string of the molecule is NCc1cc[c-]c(F)c1.[Br-].[Mg+2]. The number of hydrogen-bond acceptors (Lipinski definition) is 1. The van der Waals surface area contributed by atoms with Crippen molar-refractivity contribution in [2.75, 3.05) is 0 Å². The van der Waals surface area contributed by atoms with Crippen LogP contribution in [0, 0.1) is 11.9 Å². The molecule has 0 radical (unpaired) electrons. The van der Waals surface area contributed by atoms with E-state index in [4.69, 9.17) is 5.73 Å². The summed E-state index contributed by atoms with van der Waals surface area (Å²) in [4.78, 5) is 0. The van der Waals surface area contributed by atoms with E-state index in [0.717, 1.165) is 5.56 Å². The third-order valence-corrected chi connectivity index (χ3v) is 1.07. The summed E-state index contributed by atoms with van der Waals surface area (Å²) in [5.74, 6) is -0.349. The van der Waals surface area contributed by atoms with Gasteiger partial charge in [-0.2, -0.15) is 12.1 Å². The standard InChI is InChI=1S/C7H7FN.BrH.Mg/c8-7-3-1-2-6(4-7)5-9;;/h1-2,4H,5,9H2;1H;/q-1;;+2/p-1. The minimum absolute atomic E-state index is 0. The molecule has 0 spiro atoms. The normalized spacial score (nSPS) is 7.82. The van der Waals surface area contributed by atoms with E-state index in [0.29, 0.717) is 6.54 Å². The number of hydrogen-bond donors (Lipinski definition) is 1. The summed E-state index contributed by atoms with van der Waals surface area (Å²) >= 11 is 0. The topological polar surface area (TPSA) is 26.0 Å². The first-order chi connectivity index (χ1) is 4.33. The Balaban J connectivity index is 0. The summed E-state index contributed by atoms with van der Waals surface area (Å²) < 4.78 is 12.2. The zero-order valence-corrected chi connectivity index (χ0v) is 8.98. The van der Waals surface area contributed by atoms with Crippen molar-refractivity contribution in [2.24, 2.45) is 5.73 Å². The van der Waals surface area contributed by atoms with Crippen LogP contribution >= 0.6 is 0 Å². The Hall–Kier alpha value is 0.356. The summed E-state index contributed by atoms with van der Waals surface area (Å²) in [5, 5.41) is 0. The quantitative estimate of drug-likeness (QED) is 0.425. The van der Waals surface area contributed by atoms with Crippen LogP contribution in [0.4, 0.5) is 4.39 Å². The Bertz CT molecular complexity index is 207. The number of halogens is 2. The maximum atomic E-state index is 12.2. The molecule has 0 aliphatic carbocycles. The van der Waals surface area contributed by atoms with Crippen LogP contribution in [0.5, 0.6) is 0 Å². The predicted molar refractivity (Wildman–Crippen MR) is 38.9 cm³/mol. The summed E-state index contributed by atoms with van der Waals surface area (Å²) in [5.41, 5.74) is 6.04. The fraction of sp³-hybridized carbons (Fsp3) is 0.143. The summed E-state index contributed by atoms with van der Waals surface area (Å²) in [6, 6.07) is 7.02.